The van der Waals surface area contributed by atoms with Gasteiger partial charge in [0.15, 0.2) is 5.96 Å². The van der Waals surface area contributed by atoms with E-state index in [1.807, 2.05) is 0 Å². The topological polar surface area (TPSA) is 44.9 Å². The average Bonchev–Trinajstić information content (AvgIpc) is 2.82. The smallest absolute Gasteiger partial charge is 0.191 e. The van der Waals surface area contributed by atoms with Crippen LogP contribution in [-0.2, 0) is 0 Å². The molecule has 0 aromatic rings. The maximum absolute atomic E-state index is 6.07. The average molecular weight is 224 g/mol. The predicted molar refractivity (Wildman–Crippen MR) is 67.6 cm³/mol. The summed E-state index contributed by atoms with van der Waals surface area (Å²) < 4.78 is 0. The van der Waals surface area contributed by atoms with Gasteiger partial charge in [0, 0.05) is 26.2 Å². The summed E-state index contributed by atoms with van der Waals surface area (Å²) in [7, 11) is 0. The summed E-state index contributed by atoms with van der Waals surface area (Å²) in [4.78, 5) is 9.35. The fourth-order valence-electron chi connectivity index (χ4n) is 2.60. The number of nitrogens with two attached hydrogens (primary N) is 1. The lowest BCUT2D eigenvalue weighted by atomic mass is 10.3. The molecule has 0 amide bonds. The number of hydrogen-bond donors (Lipinski definition) is 1. The number of hydrogen-bond acceptors (Lipinski definition) is 2. The zero-order chi connectivity index (χ0) is 11.4. The summed E-state index contributed by atoms with van der Waals surface area (Å²) in [6.07, 6.45) is 5.11. The van der Waals surface area contributed by atoms with Gasteiger partial charge in [-0.15, -0.1) is 0 Å². The third kappa shape index (κ3) is 2.88. The lowest BCUT2D eigenvalue weighted by Gasteiger charge is -2.34. The molecule has 1 aliphatic carbocycles. The number of guanidine groups is 1. The minimum absolute atomic E-state index is 0.504. The molecule has 92 valence electrons. The fraction of sp³-hybridized carbons (Fsp3) is 0.917. The molecule has 0 radical (unpaired) electrons. The predicted octanol–water partition coefficient (Wildman–Crippen LogP) is 0.881. The van der Waals surface area contributed by atoms with Gasteiger partial charge in [-0.3, -0.25) is 0 Å². The molecule has 0 spiro atoms. The standard InChI is InChI=1S/C12H24N4/c1-2-15-7-9-16(10-8-15)12(13)14-11-5-3-4-6-11/h11H,2-10H2,1H3,(H2,13,14). The normalized spacial score (nSPS) is 25.3. The number of aliphatic imine (C=N–C) groups is 1. The first-order chi connectivity index (χ1) is 7.79. The second kappa shape index (κ2) is 5.53. The molecule has 0 atom stereocenters. The third-order valence-electron chi connectivity index (χ3n) is 3.78. The second-order valence-electron chi connectivity index (χ2n) is 4.85. The van der Waals surface area contributed by atoms with Crippen LogP contribution < -0.4 is 5.73 Å². The molecule has 4 heteroatoms. The van der Waals surface area contributed by atoms with Crippen molar-refractivity contribution in [2.75, 3.05) is 32.7 Å². The largest absolute Gasteiger partial charge is 0.370 e. The maximum Gasteiger partial charge on any atom is 0.191 e. The first kappa shape index (κ1) is 11.7. The minimum Gasteiger partial charge on any atom is -0.370 e. The molecule has 2 aliphatic rings. The summed E-state index contributed by atoms with van der Waals surface area (Å²) >= 11 is 0. The van der Waals surface area contributed by atoms with E-state index in [0.29, 0.717) is 6.04 Å². The van der Waals surface area contributed by atoms with Crippen molar-refractivity contribution < 1.29 is 0 Å². The van der Waals surface area contributed by atoms with Crippen LogP contribution in [0.1, 0.15) is 32.6 Å². The number of likely N-dealkylation sites (N-methyl/N-ethyl adjacent to an activating group) is 1. The van der Waals surface area contributed by atoms with E-state index in [1.165, 1.54) is 25.7 Å². The van der Waals surface area contributed by atoms with Crippen LogP contribution in [0.25, 0.3) is 0 Å². The van der Waals surface area contributed by atoms with E-state index in [0.717, 1.165) is 38.7 Å². The fourth-order valence-corrected chi connectivity index (χ4v) is 2.60. The van der Waals surface area contributed by atoms with E-state index in [-0.39, 0.29) is 0 Å². The number of piperazine rings is 1. The summed E-state index contributed by atoms with van der Waals surface area (Å²) in [6.45, 7) is 7.68. The number of rotatable bonds is 2. The summed E-state index contributed by atoms with van der Waals surface area (Å²) in [5.41, 5.74) is 6.07. The van der Waals surface area contributed by atoms with Gasteiger partial charge in [-0.25, -0.2) is 4.99 Å². The molecule has 1 heterocycles. The highest BCUT2D eigenvalue weighted by Crippen LogP contribution is 2.21. The van der Waals surface area contributed by atoms with Crippen molar-refractivity contribution in [3.8, 4) is 0 Å². The highest BCUT2D eigenvalue weighted by Gasteiger charge is 2.19. The molecule has 0 aromatic carbocycles. The zero-order valence-electron chi connectivity index (χ0n) is 10.4. The first-order valence-electron chi connectivity index (χ1n) is 6.60. The highest BCUT2D eigenvalue weighted by atomic mass is 15.3. The summed E-state index contributed by atoms with van der Waals surface area (Å²) in [5.74, 6) is 0.780. The van der Waals surface area contributed by atoms with Crippen LogP contribution >= 0.6 is 0 Å². The van der Waals surface area contributed by atoms with Crippen LogP contribution in [0.2, 0.25) is 0 Å². The van der Waals surface area contributed by atoms with Gasteiger partial charge in [0.2, 0.25) is 0 Å². The van der Waals surface area contributed by atoms with E-state index in [4.69, 9.17) is 5.73 Å². The molecular weight excluding hydrogens is 200 g/mol. The minimum atomic E-state index is 0.504. The molecule has 2 N–H and O–H groups in total. The Labute approximate surface area is 98.5 Å². The van der Waals surface area contributed by atoms with Crippen molar-refractivity contribution in [3.05, 3.63) is 0 Å². The third-order valence-corrected chi connectivity index (χ3v) is 3.78. The Kier molecular flexibility index (Phi) is 4.04. The molecule has 0 bridgehead atoms. The highest BCUT2D eigenvalue weighted by molar-refractivity contribution is 5.78. The Bertz CT molecular complexity index is 237. The molecular formula is C12H24N4. The molecule has 2 fully saturated rings. The van der Waals surface area contributed by atoms with Crippen molar-refractivity contribution in [1.82, 2.24) is 9.80 Å². The van der Waals surface area contributed by atoms with Crippen molar-refractivity contribution in [2.24, 2.45) is 10.7 Å². The van der Waals surface area contributed by atoms with Gasteiger partial charge >= 0.3 is 0 Å². The monoisotopic (exact) mass is 224 g/mol. The van der Waals surface area contributed by atoms with Crippen molar-refractivity contribution in [1.29, 1.82) is 0 Å². The van der Waals surface area contributed by atoms with Crippen molar-refractivity contribution in [2.45, 2.75) is 38.6 Å². The molecule has 4 nitrogen and oxygen atoms in total. The lowest BCUT2D eigenvalue weighted by molar-refractivity contribution is 0.188. The van der Waals surface area contributed by atoms with Crippen LogP contribution in [0.3, 0.4) is 0 Å². The Morgan fingerprint density at radius 2 is 1.81 bits per heavy atom. The van der Waals surface area contributed by atoms with Gasteiger partial charge in [0.05, 0.1) is 6.04 Å². The molecule has 1 aliphatic heterocycles. The van der Waals surface area contributed by atoms with Crippen LogP contribution in [0.4, 0.5) is 0 Å². The van der Waals surface area contributed by atoms with Gasteiger partial charge in [0.25, 0.3) is 0 Å². The van der Waals surface area contributed by atoms with E-state index >= 15 is 0 Å². The molecule has 0 aromatic heterocycles. The molecule has 0 unspecified atom stereocenters. The maximum atomic E-state index is 6.07. The van der Waals surface area contributed by atoms with E-state index in [1.54, 1.807) is 0 Å². The Morgan fingerprint density at radius 1 is 1.19 bits per heavy atom. The van der Waals surface area contributed by atoms with Crippen LogP contribution in [-0.4, -0.2) is 54.5 Å². The number of nitrogens with zero attached hydrogens (tertiary/aromatic N) is 3. The van der Waals surface area contributed by atoms with Crippen molar-refractivity contribution in [3.63, 3.8) is 0 Å². The van der Waals surface area contributed by atoms with Gasteiger partial charge in [0.1, 0.15) is 0 Å². The van der Waals surface area contributed by atoms with Crippen LogP contribution in [0, 0.1) is 0 Å². The quantitative estimate of drug-likeness (QED) is 0.559. The SMILES string of the molecule is CCN1CCN(C(N)=NC2CCCC2)CC1. The van der Waals surface area contributed by atoms with E-state index < -0.39 is 0 Å². The molecule has 2 rings (SSSR count). The van der Waals surface area contributed by atoms with Gasteiger partial charge in [-0.2, -0.15) is 0 Å². The van der Waals surface area contributed by atoms with E-state index in [9.17, 15) is 0 Å². The summed E-state index contributed by atoms with van der Waals surface area (Å²) in [6, 6.07) is 0.504. The van der Waals surface area contributed by atoms with Gasteiger partial charge in [-0.1, -0.05) is 19.8 Å². The zero-order valence-corrected chi connectivity index (χ0v) is 10.4. The van der Waals surface area contributed by atoms with Crippen molar-refractivity contribution >= 4 is 5.96 Å². The second-order valence-corrected chi connectivity index (χ2v) is 4.85. The summed E-state index contributed by atoms with van der Waals surface area (Å²) in [5, 5.41) is 0. The Hall–Kier alpha value is -0.770. The molecule has 1 saturated heterocycles. The lowest BCUT2D eigenvalue weighted by Crippen LogP contribution is -2.51. The van der Waals surface area contributed by atoms with Crippen LogP contribution in [0.5, 0.6) is 0 Å². The van der Waals surface area contributed by atoms with E-state index in [2.05, 4.69) is 21.7 Å². The Morgan fingerprint density at radius 3 is 2.38 bits per heavy atom. The van der Waals surface area contributed by atoms with Gasteiger partial charge in [-0.05, 0) is 19.4 Å². The van der Waals surface area contributed by atoms with Gasteiger partial charge < -0.3 is 15.5 Å². The first-order valence-corrected chi connectivity index (χ1v) is 6.60. The molecule has 16 heavy (non-hydrogen) atoms. The molecule has 1 saturated carbocycles. The Balaban J connectivity index is 1.83. The van der Waals surface area contributed by atoms with Crippen LogP contribution in [0.15, 0.2) is 4.99 Å².